The molecule has 0 bridgehead atoms. The summed E-state index contributed by atoms with van der Waals surface area (Å²) < 4.78 is 0. The van der Waals surface area contributed by atoms with E-state index in [0.29, 0.717) is 16.4 Å². The van der Waals surface area contributed by atoms with Gasteiger partial charge < -0.3 is 5.73 Å². The third-order valence-corrected chi connectivity index (χ3v) is 4.34. The lowest BCUT2D eigenvalue weighted by Crippen LogP contribution is -2.13. The highest BCUT2D eigenvalue weighted by Crippen LogP contribution is 2.29. The molecule has 106 valence electrons. The zero-order valence-electron chi connectivity index (χ0n) is 10.9. The van der Waals surface area contributed by atoms with Crippen molar-refractivity contribution < 1.29 is 4.79 Å². The fourth-order valence-electron chi connectivity index (χ4n) is 2.27. The highest BCUT2D eigenvalue weighted by atomic mass is 35.5. The van der Waals surface area contributed by atoms with Crippen molar-refractivity contribution in [1.82, 2.24) is 4.98 Å². The van der Waals surface area contributed by atoms with E-state index in [2.05, 4.69) is 10.3 Å². The molecule has 1 amide bonds. The number of nitrogens with one attached hydrogen (secondary N) is 1. The van der Waals surface area contributed by atoms with Crippen LogP contribution in [0.3, 0.4) is 0 Å². The fourth-order valence-corrected chi connectivity index (χ4v) is 3.32. The van der Waals surface area contributed by atoms with Crippen molar-refractivity contribution in [3.63, 3.8) is 0 Å². The topological polar surface area (TPSA) is 68.0 Å². The molecule has 0 unspecified atom stereocenters. The number of nitrogens with two attached hydrogens (primary N) is 1. The molecular formula is C14H16ClN3OS. The Bertz CT molecular complexity index is 603. The molecule has 20 heavy (non-hydrogen) atoms. The summed E-state index contributed by atoms with van der Waals surface area (Å²) >= 11 is 1.58. The van der Waals surface area contributed by atoms with Crippen molar-refractivity contribution in [1.29, 1.82) is 0 Å². The first-order valence-corrected chi connectivity index (χ1v) is 7.20. The first-order valence-electron chi connectivity index (χ1n) is 6.38. The van der Waals surface area contributed by atoms with E-state index in [0.717, 1.165) is 18.5 Å². The van der Waals surface area contributed by atoms with Crippen LogP contribution in [-0.2, 0) is 12.8 Å². The molecule has 0 atom stereocenters. The van der Waals surface area contributed by atoms with E-state index < -0.39 is 0 Å². The molecule has 3 N–H and O–H groups in total. The van der Waals surface area contributed by atoms with E-state index >= 15 is 0 Å². The van der Waals surface area contributed by atoms with Gasteiger partial charge in [0, 0.05) is 10.6 Å². The average Bonchev–Trinajstić information content (AvgIpc) is 2.81. The number of hydrogen-bond acceptors (Lipinski definition) is 4. The quantitative estimate of drug-likeness (QED) is 0.837. The fraction of sp³-hybridized carbons (Fsp3) is 0.286. The van der Waals surface area contributed by atoms with Crippen LogP contribution in [0.5, 0.6) is 0 Å². The summed E-state index contributed by atoms with van der Waals surface area (Å²) in [6.45, 7) is 0. The van der Waals surface area contributed by atoms with Gasteiger partial charge in [0.25, 0.3) is 5.91 Å². The number of nitrogens with zero attached hydrogens (tertiary/aromatic N) is 1. The number of anilines is 2. The minimum absolute atomic E-state index is 0. The van der Waals surface area contributed by atoms with Crippen molar-refractivity contribution in [2.45, 2.75) is 25.7 Å². The molecule has 0 spiro atoms. The van der Waals surface area contributed by atoms with Crippen LogP contribution in [0.4, 0.5) is 10.8 Å². The molecule has 4 nitrogen and oxygen atoms in total. The number of nitrogen functional groups attached to an aromatic ring is 1. The summed E-state index contributed by atoms with van der Waals surface area (Å²) in [5.74, 6) is -0.191. The maximum Gasteiger partial charge on any atom is 0.259 e. The molecule has 3 rings (SSSR count). The summed E-state index contributed by atoms with van der Waals surface area (Å²) in [4.78, 5) is 17.9. The molecule has 1 aliphatic rings. The Kier molecular flexibility index (Phi) is 4.62. The van der Waals surface area contributed by atoms with Crippen LogP contribution in [0.1, 0.15) is 33.8 Å². The Morgan fingerprint density at radius 1 is 1.25 bits per heavy atom. The molecule has 1 aromatic heterocycles. The van der Waals surface area contributed by atoms with Gasteiger partial charge in [-0.2, -0.15) is 0 Å². The monoisotopic (exact) mass is 309 g/mol. The van der Waals surface area contributed by atoms with Gasteiger partial charge in [0.05, 0.1) is 11.3 Å². The number of rotatable bonds is 2. The first-order chi connectivity index (χ1) is 9.24. The minimum Gasteiger partial charge on any atom is -0.398 e. The standard InChI is InChI=1S/C14H15N3OS.ClH/c15-10-6-2-1-5-9(10)13(18)17-14-16-11-7-3-4-8-12(11)19-14;/h1-2,5-6H,3-4,7-8,15H2,(H,16,17,18);1H. The van der Waals surface area contributed by atoms with E-state index in [1.165, 1.54) is 17.7 Å². The Morgan fingerprint density at radius 3 is 2.75 bits per heavy atom. The van der Waals surface area contributed by atoms with Crippen molar-refractivity contribution in [2.75, 3.05) is 11.1 Å². The number of aromatic nitrogens is 1. The maximum atomic E-state index is 12.1. The number of halogens is 1. The minimum atomic E-state index is -0.191. The van der Waals surface area contributed by atoms with Crippen molar-refractivity contribution >= 4 is 40.5 Å². The lowest BCUT2D eigenvalue weighted by atomic mass is 10.0. The Balaban J connectivity index is 0.00000147. The normalized spacial score (nSPS) is 13.2. The molecule has 0 fully saturated rings. The lowest BCUT2D eigenvalue weighted by molar-refractivity contribution is 0.102. The lowest BCUT2D eigenvalue weighted by Gasteiger charge is -2.06. The number of amides is 1. The van der Waals surface area contributed by atoms with Gasteiger partial charge >= 0.3 is 0 Å². The number of para-hydroxylation sites is 1. The first kappa shape index (κ1) is 14.8. The zero-order valence-corrected chi connectivity index (χ0v) is 12.5. The highest BCUT2D eigenvalue weighted by Gasteiger charge is 2.17. The number of carbonyl (C=O) groups is 1. The number of fused-ring (bicyclic) bond motifs is 1. The average molecular weight is 310 g/mol. The molecule has 1 aliphatic carbocycles. The van der Waals surface area contributed by atoms with E-state index in [-0.39, 0.29) is 18.3 Å². The van der Waals surface area contributed by atoms with Crippen LogP contribution >= 0.6 is 23.7 Å². The number of aryl methyl sites for hydroxylation is 2. The summed E-state index contributed by atoms with van der Waals surface area (Å²) in [6, 6.07) is 7.06. The van der Waals surface area contributed by atoms with Crippen LogP contribution in [0, 0.1) is 0 Å². The summed E-state index contributed by atoms with van der Waals surface area (Å²) in [7, 11) is 0. The maximum absolute atomic E-state index is 12.1. The van der Waals surface area contributed by atoms with Gasteiger partial charge in [-0.1, -0.05) is 12.1 Å². The molecule has 1 aromatic carbocycles. The van der Waals surface area contributed by atoms with Crippen LogP contribution in [0.25, 0.3) is 0 Å². The van der Waals surface area contributed by atoms with Gasteiger partial charge in [0.2, 0.25) is 0 Å². The SMILES string of the molecule is Cl.Nc1ccccc1C(=O)Nc1nc2c(s1)CCCC2. The molecule has 0 radical (unpaired) electrons. The van der Waals surface area contributed by atoms with E-state index in [9.17, 15) is 4.79 Å². The largest absolute Gasteiger partial charge is 0.398 e. The van der Waals surface area contributed by atoms with E-state index in [4.69, 9.17) is 5.73 Å². The van der Waals surface area contributed by atoms with E-state index in [1.807, 2.05) is 6.07 Å². The third-order valence-electron chi connectivity index (χ3n) is 3.27. The molecule has 2 aromatic rings. The predicted molar refractivity (Wildman–Crippen MR) is 84.8 cm³/mol. The molecule has 0 aliphatic heterocycles. The zero-order chi connectivity index (χ0) is 13.2. The molecule has 1 heterocycles. The van der Waals surface area contributed by atoms with Crippen LogP contribution in [-0.4, -0.2) is 10.9 Å². The smallest absolute Gasteiger partial charge is 0.259 e. The van der Waals surface area contributed by atoms with Gasteiger partial charge in [-0.3, -0.25) is 10.1 Å². The highest BCUT2D eigenvalue weighted by molar-refractivity contribution is 7.15. The van der Waals surface area contributed by atoms with Crippen molar-refractivity contribution in [3.8, 4) is 0 Å². The molecule has 0 saturated heterocycles. The van der Waals surface area contributed by atoms with Crippen molar-refractivity contribution in [2.24, 2.45) is 0 Å². The second kappa shape index (κ2) is 6.24. The van der Waals surface area contributed by atoms with Gasteiger partial charge in [-0.05, 0) is 37.8 Å². The Labute approximate surface area is 127 Å². The summed E-state index contributed by atoms with van der Waals surface area (Å²) in [5, 5.41) is 3.53. The van der Waals surface area contributed by atoms with Gasteiger partial charge in [0.1, 0.15) is 0 Å². The van der Waals surface area contributed by atoms with E-state index in [1.54, 1.807) is 29.5 Å². The summed E-state index contributed by atoms with van der Waals surface area (Å²) in [6.07, 6.45) is 4.51. The molecule has 6 heteroatoms. The molecule has 0 saturated carbocycles. The number of carbonyl (C=O) groups excluding carboxylic acids is 1. The van der Waals surface area contributed by atoms with Gasteiger partial charge in [0.15, 0.2) is 5.13 Å². The number of hydrogen-bond donors (Lipinski definition) is 2. The van der Waals surface area contributed by atoms with Gasteiger partial charge in [-0.25, -0.2) is 4.98 Å². The third kappa shape index (κ3) is 2.94. The van der Waals surface area contributed by atoms with Crippen LogP contribution < -0.4 is 11.1 Å². The van der Waals surface area contributed by atoms with Crippen molar-refractivity contribution in [3.05, 3.63) is 40.4 Å². The second-order valence-corrected chi connectivity index (χ2v) is 5.72. The van der Waals surface area contributed by atoms with Gasteiger partial charge in [-0.15, -0.1) is 23.7 Å². The molecular weight excluding hydrogens is 294 g/mol. The van der Waals surface area contributed by atoms with Crippen LogP contribution in [0.2, 0.25) is 0 Å². The predicted octanol–water partition coefficient (Wildman–Crippen LogP) is 3.28. The number of thiazole rings is 1. The number of benzene rings is 1. The van der Waals surface area contributed by atoms with Crippen LogP contribution in [0.15, 0.2) is 24.3 Å². The Hall–Kier alpha value is -1.59. The summed E-state index contributed by atoms with van der Waals surface area (Å²) in [5.41, 5.74) is 7.92. The second-order valence-electron chi connectivity index (χ2n) is 4.64. The Morgan fingerprint density at radius 2 is 2.00 bits per heavy atom.